The number of carbonyl (C=O) groups is 2. The van der Waals surface area contributed by atoms with Crippen LogP contribution < -0.4 is 10.1 Å². The number of hydrogen-bond acceptors (Lipinski definition) is 4. The second kappa shape index (κ2) is 12.9. The molecule has 6 nitrogen and oxygen atoms in total. The third-order valence-corrected chi connectivity index (χ3v) is 6.37. The predicted molar refractivity (Wildman–Crippen MR) is 142 cm³/mol. The molecule has 1 heterocycles. The Morgan fingerprint density at radius 3 is 2.36 bits per heavy atom. The van der Waals surface area contributed by atoms with Gasteiger partial charge < -0.3 is 15.0 Å². The van der Waals surface area contributed by atoms with E-state index >= 15 is 0 Å². The number of carbonyl (C=O) groups excluding carboxylic acids is 2. The van der Waals surface area contributed by atoms with Gasteiger partial charge in [-0.05, 0) is 42.5 Å². The van der Waals surface area contributed by atoms with Gasteiger partial charge in [0.1, 0.15) is 5.75 Å². The summed E-state index contributed by atoms with van der Waals surface area (Å²) >= 11 is 0. The number of nitrogens with one attached hydrogen (secondary N) is 1. The molecule has 0 saturated carbocycles. The van der Waals surface area contributed by atoms with Gasteiger partial charge in [-0.1, -0.05) is 66.7 Å². The van der Waals surface area contributed by atoms with Gasteiger partial charge in [0, 0.05) is 44.4 Å². The van der Waals surface area contributed by atoms with Crippen LogP contribution in [0, 0.1) is 0 Å². The van der Waals surface area contributed by atoms with Crippen molar-refractivity contribution in [2.45, 2.75) is 38.9 Å². The Morgan fingerprint density at radius 1 is 0.889 bits per heavy atom. The molecule has 0 aromatic heterocycles. The Hall–Kier alpha value is -3.64. The standard InChI is InChI=1S/C30H35N3O3/c1-32(20-24-12-5-2-6-13-24)30(35)26-16-11-17-28-27(26)22-33(21-25-14-7-3-8-15-25)23-29(34)31-18-9-4-10-19-36-28/h2-3,5-8,11-17H,4,9-10,18-23H2,1H3,(H,31,34). The van der Waals surface area contributed by atoms with Gasteiger partial charge in [-0.25, -0.2) is 0 Å². The summed E-state index contributed by atoms with van der Waals surface area (Å²) in [5, 5.41) is 3.05. The van der Waals surface area contributed by atoms with Crippen LogP contribution in [0.3, 0.4) is 0 Å². The molecule has 2 amide bonds. The highest BCUT2D eigenvalue weighted by atomic mass is 16.5. The topological polar surface area (TPSA) is 61.9 Å². The van der Waals surface area contributed by atoms with Crippen molar-refractivity contribution in [3.63, 3.8) is 0 Å². The zero-order valence-corrected chi connectivity index (χ0v) is 21.0. The lowest BCUT2D eigenvalue weighted by Gasteiger charge is -2.26. The first-order valence-corrected chi connectivity index (χ1v) is 12.7. The number of fused-ring (bicyclic) bond motifs is 1. The highest BCUT2D eigenvalue weighted by Crippen LogP contribution is 2.27. The maximum Gasteiger partial charge on any atom is 0.254 e. The minimum absolute atomic E-state index is 0.00218. The molecule has 3 aromatic carbocycles. The van der Waals surface area contributed by atoms with Crippen molar-refractivity contribution >= 4 is 11.8 Å². The van der Waals surface area contributed by atoms with E-state index in [1.807, 2.05) is 73.8 Å². The summed E-state index contributed by atoms with van der Waals surface area (Å²) in [5.74, 6) is 0.650. The maximum atomic E-state index is 13.7. The molecular weight excluding hydrogens is 450 g/mol. The van der Waals surface area contributed by atoms with Gasteiger partial charge >= 0.3 is 0 Å². The van der Waals surface area contributed by atoms with Crippen LogP contribution in [-0.4, -0.2) is 48.4 Å². The monoisotopic (exact) mass is 485 g/mol. The summed E-state index contributed by atoms with van der Waals surface area (Å²) in [6, 6.07) is 25.8. The first kappa shape index (κ1) is 25.5. The van der Waals surface area contributed by atoms with E-state index in [9.17, 15) is 9.59 Å². The molecule has 0 fully saturated rings. The molecular formula is C30H35N3O3. The molecule has 6 heteroatoms. The van der Waals surface area contributed by atoms with Crippen molar-refractivity contribution in [3.05, 3.63) is 101 Å². The van der Waals surface area contributed by atoms with E-state index in [-0.39, 0.29) is 18.4 Å². The van der Waals surface area contributed by atoms with Gasteiger partial charge in [0.2, 0.25) is 5.91 Å². The Morgan fingerprint density at radius 2 is 1.61 bits per heavy atom. The largest absolute Gasteiger partial charge is 0.493 e. The Bertz CT molecular complexity index is 1130. The number of nitrogens with zero attached hydrogens (tertiary/aromatic N) is 2. The quantitative estimate of drug-likeness (QED) is 0.572. The summed E-state index contributed by atoms with van der Waals surface area (Å²) in [6.07, 6.45) is 2.79. The Balaban J connectivity index is 1.65. The minimum atomic E-state index is -0.0623. The first-order valence-electron chi connectivity index (χ1n) is 12.7. The van der Waals surface area contributed by atoms with Gasteiger partial charge in [0.05, 0.1) is 13.2 Å². The predicted octanol–water partition coefficient (Wildman–Crippen LogP) is 4.64. The van der Waals surface area contributed by atoms with Crippen molar-refractivity contribution in [1.29, 1.82) is 0 Å². The summed E-state index contributed by atoms with van der Waals surface area (Å²) in [6.45, 7) is 3.03. The molecule has 0 saturated heterocycles. The lowest BCUT2D eigenvalue weighted by Crippen LogP contribution is -2.37. The molecule has 0 radical (unpaired) electrons. The van der Waals surface area contributed by atoms with E-state index in [1.165, 1.54) is 0 Å². The fourth-order valence-corrected chi connectivity index (χ4v) is 4.50. The SMILES string of the molecule is CN(Cc1ccccc1)C(=O)c1cccc2c1CN(Cc1ccccc1)CC(=O)NCCCCCO2. The number of benzene rings is 3. The van der Waals surface area contributed by atoms with E-state index in [0.717, 1.165) is 36.0 Å². The molecule has 0 aliphatic carbocycles. The molecule has 0 bridgehead atoms. The van der Waals surface area contributed by atoms with Crippen LogP contribution in [0.25, 0.3) is 0 Å². The van der Waals surface area contributed by atoms with E-state index in [2.05, 4.69) is 22.3 Å². The summed E-state index contributed by atoms with van der Waals surface area (Å²) in [4.78, 5) is 30.2. The average Bonchev–Trinajstić information content (AvgIpc) is 2.90. The molecule has 36 heavy (non-hydrogen) atoms. The number of hydrogen-bond donors (Lipinski definition) is 1. The minimum Gasteiger partial charge on any atom is -0.493 e. The fourth-order valence-electron chi connectivity index (χ4n) is 4.50. The van der Waals surface area contributed by atoms with Crippen LogP contribution in [0.1, 0.15) is 46.3 Å². The second-order valence-corrected chi connectivity index (χ2v) is 9.32. The molecule has 4 rings (SSSR count). The van der Waals surface area contributed by atoms with Gasteiger partial charge in [-0.15, -0.1) is 0 Å². The van der Waals surface area contributed by atoms with Crippen molar-refractivity contribution in [2.24, 2.45) is 0 Å². The number of amides is 2. The molecule has 188 valence electrons. The smallest absolute Gasteiger partial charge is 0.254 e. The number of rotatable bonds is 5. The summed E-state index contributed by atoms with van der Waals surface area (Å²) in [7, 11) is 1.82. The molecule has 0 spiro atoms. The zero-order chi connectivity index (χ0) is 25.2. The van der Waals surface area contributed by atoms with Crippen molar-refractivity contribution < 1.29 is 14.3 Å². The molecule has 0 atom stereocenters. The van der Waals surface area contributed by atoms with Crippen LogP contribution in [0.15, 0.2) is 78.9 Å². The Labute approximate surface area is 213 Å². The van der Waals surface area contributed by atoms with Gasteiger partial charge in [0.25, 0.3) is 5.91 Å². The average molecular weight is 486 g/mol. The molecule has 1 aliphatic heterocycles. The molecule has 1 N–H and O–H groups in total. The fraction of sp³-hybridized carbons (Fsp3) is 0.333. The maximum absolute atomic E-state index is 13.7. The summed E-state index contributed by atoms with van der Waals surface area (Å²) < 4.78 is 6.21. The molecule has 3 aromatic rings. The number of ether oxygens (including phenoxy) is 1. The summed E-state index contributed by atoms with van der Waals surface area (Å²) in [5.41, 5.74) is 3.62. The van der Waals surface area contributed by atoms with Gasteiger partial charge in [0.15, 0.2) is 0 Å². The van der Waals surface area contributed by atoms with E-state index in [4.69, 9.17) is 4.74 Å². The van der Waals surface area contributed by atoms with Crippen molar-refractivity contribution in [3.8, 4) is 5.75 Å². The lowest BCUT2D eigenvalue weighted by atomic mass is 10.0. The van der Waals surface area contributed by atoms with Crippen LogP contribution in [0.5, 0.6) is 5.75 Å². The highest BCUT2D eigenvalue weighted by Gasteiger charge is 2.23. The third-order valence-electron chi connectivity index (χ3n) is 6.37. The molecule has 1 aliphatic rings. The highest BCUT2D eigenvalue weighted by molar-refractivity contribution is 5.96. The zero-order valence-electron chi connectivity index (χ0n) is 21.0. The van der Waals surface area contributed by atoms with E-state index in [1.54, 1.807) is 4.90 Å². The second-order valence-electron chi connectivity index (χ2n) is 9.32. The third kappa shape index (κ3) is 7.18. The van der Waals surface area contributed by atoms with Crippen LogP contribution in [0.2, 0.25) is 0 Å². The normalized spacial score (nSPS) is 15.3. The molecule has 0 unspecified atom stereocenters. The van der Waals surface area contributed by atoms with Crippen LogP contribution >= 0.6 is 0 Å². The Kier molecular flexibility index (Phi) is 9.11. The van der Waals surface area contributed by atoms with Gasteiger partial charge in [-0.2, -0.15) is 0 Å². The van der Waals surface area contributed by atoms with Gasteiger partial charge in [-0.3, -0.25) is 14.5 Å². The van der Waals surface area contributed by atoms with E-state index in [0.29, 0.717) is 44.1 Å². The van der Waals surface area contributed by atoms with Crippen molar-refractivity contribution in [2.75, 3.05) is 26.7 Å². The van der Waals surface area contributed by atoms with Crippen molar-refractivity contribution in [1.82, 2.24) is 15.1 Å². The van der Waals surface area contributed by atoms with E-state index < -0.39 is 0 Å². The van der Waals surface area contributed by atoms with Crippen LogP contribution in [-0.2, 0) is 24.4 Å². The van der Waals surface area contributed by atoms with Crippen LogP contribution in [0.4, 0.5) is 0 Å². The lowest BCUT2D eigenvalue weighted by molar-refractivity contribution is -0.122. The first-order chi connectivity index (χ1) is 17.6.